The lowest BCUT2D eigenvalue weighted by Gasteiger charge is -2.36. The number of carboxylic acids is 1. The number of carbonyl (C=O) groups excluding carboxylic acids is 1. The average molecular weight is 505 g/mol. The molecule has 1 atom stereocenters. The Hall–Kier alpha value is -1.88. The highest BCUT2D eigenvalue weighted by Gasteiger charge is 2.38. The van der Waals surface area contributed by atoms with Gasteiger partial charge in [-0.2, -0.15) is 0 Å². The van der Waals surface area contributed by atoms with E-state index in [9.17, 15) is 19.7 Å². The Morgan fingerprint density at radius 1 is 1.20 bits per heavy atom. The zero-order chi connectivity index (χ0) is 25.8. The second kappa shape index (κ2) is 11.5. The standard InChI is InChI=1S/C25H41BN2O6Si/c1-25(2,3)35(4,5)33-14-13-27-19-11-9-17(10-12-19)15-22(29)28-21-16-18-7-6-8-20(24(30)31)23(18)34-26(21)32/h6-8,17,19,21,27,32H,9-16H2,1-5H3,(H,28,29)(H,30,31). The second-order valence-corrected chi connectivity index (χ2v) is 16.3. The van der Waals surface area contributed by atoms with Gasteiger partial charge in [-0.25, -0.2) is 4.79 Å². The molecule has 4 N–H and O–H groups in total. The van der Waals surface area contributed by atoms with E-state index in [2.05, 4.69) is 44.5 Å². The van der Waals surface area contributed by atoms with Crippen LogP contribution in [-0.4, -0.2) is 62.6 Å². The van der Waals surface area contributed by atoms with Gasteiger partial charge in [-0.15, -0.1) is 0 Å². The van der Waals surface area contributed by atoms with Gasteiger partial charge >= 0.3 is 13.1 Å². The predicted octanol–water partition coefficient (Wildman–Crippen LogP) is 3.38. The Morgan fingerprint density at radius 2 is 1.89 bits per heavy atom. The van der Waals surface area contributed by atoms with E-state index in [1.807, 2.05) is 0 Å². The van der Waals surface area contributed by atoms with Gasteiger partial charge in [0.1, 0.15) is 5.75 Å². The topological polar surface area (TPSA) is 117 Å². The largest absolute Gasteiger partial charge is 0.547 e. The van der Waals surface area contributed by atoms with E-state index in [0.29, 0.717) is 30.4 Å². The number of aromatic carboxylic acids is 1. The molecule has 0 radical (unpaired) electrons. The zero-order valence-corrected chi connectivity index (χ0v) is 22.7. The second-order valence-electron chi connectivity index (χ2n) is 11.5. The van der Waals surface area contributed by atoms with Crippen molar-refractivity contribution >= 4 is 27.3 Å². The van der Waals surface area contributed by atoms with Crippen molar-refractivity contribution in [2.24, 2.45) is 5.92 Å². The number of fused-ring (bicyclic) bond motifs is 1. The molecule has 0 saturated heterocycles. The number of nitrogens with one attached hydrogen (secondary N) is 2. The van der Waals surface area contributed by atoms with E-state index in [-0.39, 0.29) is 22.3 Å². The van der Waals surface area contributed by atoms with Crippen LogP contribution in [0.3, 0.4) is 0 Å². The molecule has 8 nitrogen and oxygen atoms in total. The number of hydrogen-bond acceptors (Lipinski definition) is 6. The van der Waals surface area contributed by atoms with Gasteiger partial charge in [0.15, 0.2) is 8.32 Å². The Bertz CT molecular complexity index is 898. The lowest BCUT2D eigenvalue weighted by atomic mass is 9.72. The highest BCUT2D eigenvalue weighted by molar-refractivity contribution is 6.74. The van der Waals surface area contributed by atoms with Crippen molar-refractivity contribution in [1.29, 1.82) is 0 Å². The molecule has 0 bridgehead atoms. The van der Waals surface area contributed by atoms with E-state index < -0.39 is 27.3 Å². The summed E-state index contributed by atoms with van der Waals surface area (Å²) in [5, 5.41) is 26.4. The first-order valence-corrected chi connectivity index (χ1v) is 15.6. The van der Waals surface area contributed by atoms with Crippen LogP contribution in [-0.2, 0) is 15.6 Å². The van der Waals surface area contributed by atoms with Gasteiger partial charge in [-0.1, -0.05) is 32.9 Å². The van der Waals surface area contributed by atoms with Crippen LogP contribution in [0.25, 0.3) is 0 Å². The number of para-hydroxylation sites is 1. The number of benzene rings is 1. The van der Waals surface area contributed by atoms with Crippen molar-refractivity contribution in [3.05, 3.63) is 29.3 Å². The Kier molecular flexibility index (Phi) is 9.07. The van der Waals surface area contributed by atoms with Crippen LogP contribution in [0.1, 0.15) is 68.8 Å². The average Bonchev–Trinajstić information content (AvgIpc) is 2.77. The van der Waals surface area contributed by atoms with Crippen LogP contribution >= 0.6 is 0 Å². The summed E-state index contributed by atoms with van der Waals surface area (Å²) < 4.78 is 11.7. The van der Waals surface area contributed by atoms with Crippen molar-refractivity contribution < 1.29 is 28.8 Å². The molecule has 1 amide bonds. The molecule has 194 valence electrons. The van der Waals surface area contributed by atoms with Crippen molar-refractivity contribution in [1.82, 2.24) is 10.6 Å². The van der Waals surface area contributed by atoms with Gasteiger partial charge in [-0.05, 0) is 67.8 Å². The highest BCUT2D eigenvalue weighted by Crippen LogP contribution is 2.36. The first-order valence-electron chi connectivity index (χ1n) is 12.7. The maximum absolute atomic E-state index is 12.7. The molecule has 0 aromatic heterocycles. The van der Waals surface area contributed by atoms with Crippen molar-refractivity contribution in [3.63, 3.8) is 0 Å². The molecule has 3 rings (SSSR count). The van der Waals surface area contributed by atoms with Gasteiger partial charge in [0.25, 0.3) is 0 Å². The molecule has 1 heterocycles. The molecule has 1 aromatic rings. The molecule has 1 aromatic carbocycles. The van der Waals surface area contributed by atoms with Crippen molar-refractivity contribution in [2.45, 2.75) is 89.4 Å². The Morgan fingerprint density at radius 3 is 2.51 bits per heavy atom. The fourth-order valence-corrected chi connectivity index (χ4v) is 5.65. The monoisotopic (exact) mass is 504 g/mol. The number of rotatable bonds is 9. The molecule has 1 aliphatic heterocycles. The van der Waals surface area contributed by atoms with Crippen LogP contribution in [0.5, 0.6) is 5.75 Å². The van der Waals surface area contributed by atoms with Crippen molar-refractivity contribution in [2.75, 3.05) is 13.2 Å². The third kappa shape index (κ3) is 7.31. The summed E-state index contributed by atoms with van der Waals surface area (Å²) >= 11 is 0. The molecule has 0 spiro atoms. The summed E-state index contributed by atoms with van der Waals surface area (Å²) in [4.78, 5) is 24.1. The summed E-state index contributed by atoms with van der Waals surface area (Å²) in [5.41, 5.74) is 0.688. The third-order valence-corrected chi connectivity index (χ3v) is 12.4. The van der Waals surface area contributed by atoms with Gasteiger partial charge in [0.05, 0.1) is 11.5 Å². The van der Waals surface area contributed by atoms with Crippen LogP contribution in [0.4, 0.5) is 0 Å². The molecule has 1 saturated carbocycles. The highest BCUT2D eigenvalue weighted by atomic mass is 28.4. The van der Waals surface area contributed by atoms with E-state index in [1.165, 1.54) is 6.07 Å². The molecular weight excluding hydrogens is 463 g/mol. The minimum atomic E-state index is -1.71. The number of hydrogen-bond donors (Lipinski definition) is 4. The van der Waals surface area contributed by atoms with Gasteiger partial charge in [0.2, 0.25) is 5.91 Å². The van der Waals surface area contributed by atoms with Crippen LogP contribution in [0.15, 0.2) is 18.2 Å². The first kappa shape index (κ1) is 27.7. The molecule has 35 heavy (non-hydrogen) atoms. The van der Waals surface area contributed by atoms with Crippen LogP contribution < -0.4 is 15.3 Å². The molecule has 1 fully saturated rings. The van der Waals surface area contributed by atoms with Gasteiger partial charge in [0, 0.05) is 25.6 Å². The number of amides is 1. The zero-order valence-electron chi connectivity index (χ0n) is 21.7. The number of carboxylic acid groups (broad SMARTS) is 1. The summed E-state index contributed by atoms with van der Waals surface area (Å²) in [6.45, 7) is 12.9. The van der Waals surface area contributed by atoms with Gasteiger partial charge < -0.3 is 29.8 Å². The SMILES string of the molecule is CC(C)(C)[Si](C)(C)OCCNC1CCC(CC(=O)NC2Cc3cccc(C(=O)O)c3OB2O)CC1. The van der Waals surface area contributed by atoms with Crippen LogP contribution in [0, 0.1) is 5.92 Å². The number of carbonyl (C=O) groups is 2. The summed E-state index contributed by atoms with van der Waals surface area (Å²) in [7, 11) is -2.99. The summed E-state index contributed by atoms with van der Waals surface area (Å²) in [5.74, 6) is -1.31. The molecule has 1 aliphatic carbocycles. The smallest absolute Gasteiger partial charge is 0.534 e. The molecule has 2 aliphatic rings. The lowest BCUT2D eigenvalue weighted by molar-refractivity contribution is -0.122. The minimum absolute atomic E-state index is 0.0169. The Labute approximate surface area is 210 Å². The molecular formula is C25H41BN2O6Si. The lowest BCUT2D eigenvalue weighted by Crippen LogP contribution is -2.53. The Balaban J connectivity index is 1.38. The third-order valence-electron chi connectivity index (χ3n) is 7.82. The minimum Gasteiger partial charge on any atom is -0.534 e. The van der Waals surface area contributed by atoms with E-state index in [0.717, 1.165) is 38.8 Å². The molecule has 1 unspecified atom stereocenters. The summed E-state index contributed by atoms with van der Waals surface area (Å²) in [6.07, 6.45) is 4.81. The predicted molar refractivity (Wildman–Crippen MR) is 139 cm³/mol. The van der Waals surface area contributed by atoms with Crippen molar-refractivity contribution in [3.8, 4) is 5.75 Å². The molecule has 10 heteroatoms. The fraction of sp³-hybridized carbons (Fsp3) is 0.680. The normalized spacial score (nSPS) is 22.8. The maximum Gasteiger partial charge on any atom is 0.547 e. The van der Waals surface area contributed by atoms with E-state index in [1.54, 1.807) is 12.1 Å². The fourth-order valence-electron chi connectivity index (χ4n) is 4.60. The maximum atomic E-state index is 12.7. The van der Waals surface area contributed by atoms with E-state index >= 15 is 0 Å². The quantitative estimate of drug-likeness (QED) is 0.301. The van der Waals surface area contributed by atoms with E-state index in [4.69, 9.17) is 9.08 Å². The van der Waals surface area contributed by atoms with Gasteiger partial charge in [-0.3, -0.25) is 4.79 Å². The van der Waals surface area contributed by atoms with Crippen LogP contribution in [0.2, 0.25) is 18.1 Å². The first-order chi connectivity index (χ1) is 16.4. The summed E-state index contributed by atoms with van der Waals surface area (Å²) in [6, 6.07) is 5.32.